The molecule has 0 fully saturated rings. The highest BCUT2D eigenvalue weighted by Crippen LogP contribution is 2.27. The minimum atomic E-state index is -0.253. The van der Waals surface area contributed by atoms with Gasteiger partial charge in [0.2, 0.25) is 0 Å². The van der Waals surface area contributed by atoms with E-state index in [2.05, 4.69) is 23.7 Å². The molecule has 0 unspecified atom stereocenters. The Labute approximate surface area is 181 Å². The van der Waals surface area contributed by atoms with Gasteiger partial charge in [-0.05, 0) is 57.2 Å². The molecule has 2 aromatic carbocycles. The van der Waals surface area contributed by atoms with Crippen LogP contribution in [0.1, 0.15) is 31.1 Å². The van der Waals surface area contributed by atoms with Crippen molar-refractivity contribution in [2.45, 2.75) is 27.3 Å². The van der Waals surface area contributed by atoms with Gasteiger partial charge in [0, 0.05) is 37.5 Å². The molecule has 0 atom stereocenters. The first-order chi connectivity index (χ1) is 14.6. The molecule has 1 heterocycles. The molecule has 30 heavy (non-hydrogen) atoms. The van der Waals surface area contributed by atoms with Gasteiger partial charge >= 0.3 is 0 Å². The fraction of sp³-hybridized carbons (Fsp3) is 0.391. The first-order valence-electron chi connectivity index (χ1n) is 10.3. The maximum absolute atomic E-state index is 12.9. The van der Waals surface area contributed by atoms with Gasteiger partial charge in [0.05, 0.1) is 18.4 Å². The van der Waals surface area contributed by atoms with Crippen LogP contribution in [-0.4, -0.2) is 43.9 Å². The van der Waals surface area contributed by atoms with Crippen molar-refractivity contribution in [3.8, 4) is 5.75 Å². The molecule has 0 aliphatic rings. The van der Waals surface area contributed by atoms with Crippen molar-refractivity contribution < 1.29 is 14.3 Å². The van der Waals surface area contributed by atoms with Gasteiger partial charge in [0.15, 0.2) is 4.80 Å². The number of rotatable bonds is 9. The second kappa shape index (κ2) is 10.4. The summed E-state index contributed by atoms with van der Waals surface area (Å²) in [6, 6.07) is 13.5. The van der Waals surface area contributed by atoms with Crippen LogP contribution in [-0.2, 0) is 11.3 Å². The van der Waals surface area contributed by atoms with Crippen LogP contribution in [0.2, 0.25) is 0 Å². The smallest absolute Gasteiger partial charge is 0.279 e. The van der Waals surface area contributed by atoms with Gasteiger partial charge in [0.25, 0.3) is 5.91 Å². The molecule has 0 N–H and O–H groups in total. The van der Waals surface area contributed by atoms with E-state index in [1.807, 2.05) is 54.0 Å². The number of methoxy groups -OCH3 is 1. The Hall–Kier alpha value is -2.64. The fourth-order valence-electron chi connectivity index (χ4n) is 3.41. The van der Waals surface area contributed by atoms with Gasteiger partial charge in [-0.15, -0.1) is 0 Å². The van der Waals surface area contributed by atoms with Crippen molar-refractivity contribution in [3.63, 3.8) is 0 Å². The zero-order chi connectivity index (χ0) is 21.5. The summed E-state index contributed by atoms with van der Waals surface area (Å²) >= 11 is 1.48. The highest BCUT2D eigenvalue weighted by molar-refractivity contribution is 7.16. The van der Waals surface area contributed by atoms with Crippen LogP contribution in [0.5, 0.6) is 5.75 Å². The number of ether oxygens (including phenoxy) is 2. The lowest BCUT2D eigenvalue weighted by Gasteiger charge is -2.20. The van der Waals surface area contributed by atoms with Gasteiger partial charge in [-0.3, -0.25) is 4.79 Å². The highest BCUT2D eigenvalue weighted by atomic mass is 32.1. The summed E-state index contributed by atoms with van der Waals surface area (Å²) < 4.78 is 14.1. The predicted octanol–water partition coefficient (Wildman–Crippen LogP) is 4.34. The molecule has 3 aromatic rings. The molecule has 1 amide bonds. The van der Waals surface area contributed by atoms with E-state index >= 15 is 0 Å². The Morgan fingerprint density at radius 2 is 1.83 bits per heavy atom. The van der Waals surface area contributed by atoms with Gasteiger partial charge < -0.3 is 18.9 Å². The molecule has 0 aliphatic heterocycles. The number of hydrogen-bond acceptors (Lipinski definition) is 5. The number of aromatic nitrogens is 1. The Morgan fingerprint density at radius 1 is 1.10 bits per heavy atom. The number of carbonyl (C=O) groups is 1. The maximum Gasteiger partial charge on any atom is 0.279 e. The van der Waals surface area contributed by atoms with Crippen LogP contribution in [0.15, 0.2) is 47.5 Å². The number of anilines is 1. The second-order valence-electron chi connectivity index (χ2n) is 6.68. The third kappa shape index (κ3) is 4.74. The molecule has 0 radical (unpaired) electrons. The Morgan fingerprint density at radius 3 is 2.47 bits per heavy atom. The molecule has 160 valence electrons. The number of nitrogens with zero attached hydrogens (tertiary/aromatic N) is 3. The monoisotopic (exact) mass is 427 g/mol. The van der Waals surface area contributed by atoms with Crippen LogP contribution in [0.4, 0.5) is 5.69 Å². The molecule has 3 rings (SSSR count). The fourth-order valence-corrected chi connectivity index (χ4v) is 4.48. The first-order valence-corrected chi connectivity index (χ1v) is 11.1. The summed E-state index contributed by atoms with van der Waals surface area (Å²) in [6.45, 7) is 9.85. The van der Waals surface area contributed by atoms with E-state index in [4.69, 9.17) is 9.47 Å². The lowest BCUT2D eigenvalue weighted by atomic mass is 10.2. The van der Waals surface area contributed by atoms with Crippen LogP contribution in [0.25, 0.3) is 10.2 Å². The third-order valence-corrected chi connectivity index (χ3v) is 6.03. The molecule has 0 aliphatic carbocycles. The number of fused-ring (bicyclic) bond motifs is 1. The van der Waals surface area contributed by atoms with Crippen LogP contribution >= 0.6 is 11.3 Å². The van der Waals surface area contributed by atoms with Gasteiger partial charge in [-0.2, -0.15) is 4.99 Å². The highest BCUT2D eigenvalue weighted by Gasteiger charge is 2.13. The minimum absolute atomic E-state index is 0.253. The van der Waals surface area contributed by atoms with E-state index in [-0.39, 0.29) is 5.91 Å². The van der Waals surface area contributed by atoms with E-state index in [1.165, 1.54) is 11.3 Å². The Balaban J connectivity index is 2.00. The molecule has 0 saturated carbocycles. The molecule has 0 spiro atoms. The van der Waals surface area contributed by atoms with Crippen molar-refractivity contribution in [3.05, 3.63) is 52.8 Å². The number of hydrogen-bond donors (Lipinski definition) is 0. The molecule has 1 aromatic heterocycles. The summed E-state index contributed by atoms with van der Waals surface area (Å²) in [4.78, 5) is 20.2. The largest absolute Gasteiger partial charge is 0.495 e. The molecular weight excluding hydrogens is 398 g/mol. The summed E-state index contributed by atoms with van der Waals surface area (Å²) in [5, 5.41) is 0. The quantitative estimate of drug-likeness (QED) is 0.477. The number of carbonyl (C=O) groups excluding carboxylic acids is 1. The maximum atomic E-state index is 12.9. The van der Waals surface area contributed by atoms with E-state index in [9.17, 15) is 4.79 Å². The Bertz CT molecular complexity index is 1050. The number of amides is 1. The van der Waals surface area contributed by atoms with Crippen LogP contribution in [0, 0.1) is 0 Å². The predicted molar refractivity (Wildman–Crippen MR) is 123 cm³/mol. The topological polar surface area (TPSA) is 56.1 Å². The van der Waals surface area contributed by atoms with Crippen molar-refractivity contribution in [1.82, 2.24) is 4.57 Å². The molecule has 0 saturated heterocycles. The minimum Gasteiger partial charge on any atom is -0.495 e. The van der Waals surface area contributed by atoms with E-state index < -0.39 is 0 Å². The Kier molecular flexibility index (Phi) is 7.65. The molecule has 7 heteroatoms. The second-order valence-corrected chi connectivity index (χ2v) is 7.69. The van der Waals surface area contributed by atoms with Gasteiger partial charge in [-0.25, -0.2) is 0 Å². The number of benzene rings is 2. The molecular formula is C23H29N3O3S. The summed E-state index contributed by atoms with van der Waals surface area (Å²) in [5.41, 5.74) is 2.62. The van der Waals surface area contributed by atoms with Crippen molar-refractivity contribution >= 4 is 33.1 Å². The van der Waals surface area contributed by atoms with E-state index in [0.29, 0.717) is 30.1 Å². The van der Waals surface area contributed by atoms with E-state index in [0.717, 1.165) is 34.7 Å². The zero-order valence-corrected chi connectivity index (χ0v) is 18.9. The summed E-state index contributed by atoms with van der Waals surface area (Å²) in [6.07, 6.45) is 0. The average molecular weight is 428 g/mol. The lowest BCUT2D eigenvalue weighted by Crippen LogP contribution is -2.22. The van der Waals surface area contributed by atoms with Crippen LogP contribution in [0.3, 0.4) is 0 Å². The summed E-state index contributed by atoms with van der Waals surface area (Å²) in [7, 11) is 1.65. The van der Waals surface area contributed by atoms with E-state index in [1.54, 1.807) is 7.11 Å². The SMILES string of the molecule is CCOCCn1c(=NC(=O)c2ccc(N(CC)CC)cc2)sc2cccc(OC)c21. The van der Waals surface area contributed by atoms with Crippen LogP contribution < -0.4 is 14.4 Å². The zero-order valence-electron chi connectivity index (χ0n) is 18.1. The lowest BCUT2D eigenvalue weighted by molar-refractivity contribution is 0.0996. The normalized spacial score (nSPS) is 11.8. The average Bonchev–Trinajstić information content (AvgIpc) is 3.12. The summed E-state index contributed by atoms with van der Waals surface area (Å²) in [5.74, 6) is 0.509. The van der Waals surface area contributed by atoms with Crippen molar-refractivity contribution in [2.24, 2.45) is 4.99 Å². The molecule has 0 bridgehead atoms. The molecule has 6 nitrogen and oxygen atoms in total. The third-order valence-electron chi connectivity index (χ3n) is 4.99. The first kappa shape index (κ1) is 22.1. The van der Waals surface area contributed by atoms with Gasteiger partial charge in [0.1, 0.15) is 11.3 Å². The number of para-hydroxylation sites is 1. The van der Waals surface area contributed by atoms with Crippen molar-refractivity contribution in [2.75, 3.05) is 38.3 Å². The number of thiazole rings is 1. The van der Waals surface area contributed by atoms with Gasteiger partial charge in [-0.1, -0.05) is 17.4 Å². The van der Waals surface area contributed by atoms with Crippen molar-refractivity contribution in [1.29, 1.82) is 0 Å². The standard InChI is InChI=1S/C23H29N3O3S/c1-5-25(6-2)18-13-11-17(12-14-18)22(27)24-23-26(15-16-29-7-3)21-19(28-4)9-8-10-20(21)30-23/h8-14H,5-7,15-16H2,1-4H3.